The molecule has 0 fully saturated rings. The van der Waals surface area contributed by atoms with Crippen LogP contribution in [0, 0.1) is 5.92 Å². The van der Waals surface area contributed by atoms with Crippen molar-refractivity contribution in [2.75, 3.05) is 19.0 Å². The molecule has 1 rings (SSSR count). The monoisotopic (exact) mass is 299 g/mol. The second kappa shape index (κ2) is 9.20. The average Bonchev–Trinajstić information content (AvgIpc) is 2.46. The van der Waals surface area contributed by atoms with Gasteiger partial charge in [0.25, 0.3) is 0 Å². The molecule has 0 spiro atoms. The number of alkyl halides is 1. The van der Waals surface area contributed by atoms with Crippen LogP contribution in [0.5, 0.6) is 0 Å². The molecule has 110 valence electrons. The van der Waals surface area contributed by atoms with Crippen LogP contribution in [0.3, 0.4) is 0 Å². The highest BCUT2D eigenvalue weighted by atomic mass is 35.5. The van der Waals surface area contributed by atoms with Crippen LogP contribution in [0.4, 0.5) is 4.79 Å². The zero-order valence-corrected chi connectivity index (χ0v) is 12.1. The van der Waals surface area contributed by atoms with Crippen LogP contribution in [-0.2, 0) is 20.9 Å². The van der Waals surface area contributed by atoms with Crippen LogP contribution in [0.1, 0.15) is 12.5 Å². The second-order valence-corrected chi connectivity index (χ2v) is 4.57. The summed E-state index contributed by atoms with van der Waals surface area (Å²) in [7, 11) is 0. The molecule has 0 saturated heterocycles. The molecule has 6 heteroatoms. The summed E-state index contributed by atoms with van der Waals surface area (Å²) >= 11 is 5.72. The number of hydrogen-bond donors (Lipinski definition) is 1. The molecule has 1 unspecified atom stereocenters. The Balaban J connectivity index is 2.22. The molecule has 0 bridgehead atoms. The van der Waals surface area contributed by atoms with Crippen molar-refractivity contribution in [3.05, 3.63) is 35.9 Å². The summed E-state index contributed by atoms with van der Waals surface area (Å²) < 4.78 is 9.89. The van der Waals surface area contributed by atoms with Gasteiger partial charge in [-0.25, -0.2) is 4.79 Å². The lowest BCUT2D eigenvalue weighted by atomic mass is 10.2. The molecule has 0 aliphatic carbocycles. The highest BCUT2D eigenvalue weighted by Crippen LogP contribution is 2.02. The molecule has 0 radical (unpaired) electrons. The Labute approximate surface area is 123 Å². The van der Waals surface area contributed by atoms with Crippen LogP contribution < -0.4 is 5.32 Å². The van der Waals surface area contributed by atoms with Gasteiger partial charge in [-0.3, -0.25) is 4.79 Å². The van der Waals surface area contributed by atoms with Crippen molar-refractivity contribution in [1.82, 2.24) is 5.32 Å². The van der Waals surface area contributed by atoms with Gasteiger partial charge in [0.15, 0.2) is 0 Å². The molecule has 0 saturated carbocycles. The van der Waals surface area contributed by atoms with Crippen molar-refractivity contribution in [3.8, 4) is 0 Å². The van der Waals surface area contributed by atoms with Gasteiger partial charge in [-0.05, 0) is 5.56 Å². The smallest absolute Gasteiger partial charge is 0.407 e. The van der Waals surface area contributed by atoms with E-state index in [9.17, 15) is 9.59 Å². The lowest BCUT2D eigenvalue weighted by Gasteiger charge is -2.14. The molecular formula is C14H18ClNO4. The summed E-state index contributed by atoms with van der Waals surface area (Å²) in [4.78, 5) is 22.2. The summed E-state index contributed by atoms with van der Waals surface area (Å²) in [6, 6.07) is 9.38. The minimum Gasteiger partial charge on any atom is -0.465 e. The minimum absolute atomic E-state index is 0.134. The summed E-state index contributed by atoms with van der Waals surface area (Å²) in [5.41, 5.74) is 0.913. The molecule has 0 aliphatic rings. The van der Waals surface area contributed by atoms with Gasteiger partial charge in [0.05, 0.1) is 6.61 Å². The summed E-state index contributed by atoms with van der Waals surface area (Å²) in [6.07, 6.45) is -0.521. The Hall–Kier alpha value is -1.75. The average molecular weight is 300 g/mol. The third-order valence-electron chi connectivity index (χ3n) is 2.49. The topological polar surface area (TPSA) is 64.6 Å². The maximum absolute atomic E-state index is 11.5. The number of carbonyl (C=O) groups excluding carboxylic acids is 2. The quantitative estimate of drug-likeness (QED) is 0.620. The number of alkyl carbamates (subject to hydrolysis) is 1. The Morgan fingerprint density at radius 3 is 2.55 bits per heavy atom. The van der Waals surface area contributed by atoms with Gasteiger partial charge in [-0.1, -0.05) is 30.3 Å². The van der Waals surface area contributed by atoms with Crippen LogP contribution in [0.15, 0.2) is 30.3 Å². The largest absolute Gasteiger partial charge is 0.465 e. The number of carbonyl (C=O) groups is 2. The van der Waals surface area contributed by atoms with Gasteiger partial charge >= 0.3 is 12.1 Å². The van der Waals surface area contributed by atoms with Gasteiger partial charge in [-0.2, -0.15) is 0 Å². The van der Waals surface area contributed by atoms with Crippen molar-refractivity contribution < 1.29 is 19.1 Å². The maximum Gasteiger partial charge on any atom is 0.407 e. The number of nitrogens with one attached hydrogen (secondary N) is 1. The van der Waals surface area contributed by atoms with Crippen molar-refractivity contribution in [1.29, 1.82) is 0 Å². The Morgan fingerprint density at radius 1 is 1.25 bits per heavy atom. The van der Waals surface area contributed by atoms with E-state index in [1.54, 1.807) is 0 Å². The predicted octanol–water partition coefficient (Wildman–Crippen LogP) is 2.33. The Bertz CT molecular complexity index is 424. The number of amides is 1. The first-order chi connectivity index (χ1) is 9.61. The summed E-state index contributed by atoms with van der Waals surface area (Å²) in [6.45, 7) is 2.01. The fraction of sp³-hybridized carbons (Fsp3) is 0.429. The highest BCUT2D eigenvalue weighted by molar-refractivity contribution is 6.18. The Morgan fingerprint density at radius 2 is 1.95 bits per heavy atom. The van der Waals surface area contributed by atoms with Crippen molar-refractivity contribution in [2.45, 2.75) is 13.5 Å². The number of halogens is 1. The van der Waals surface area contributed by atoms with E-state index in [0.29, 0.717) is 6.54 Å². The van der Waals surface area contributed by atoms with Gasteiger partial charge in [0.2, 0.25) is 0 Å². The highest BCUT2D eigenvalue weighted by Gasteiger charge is 2.11. The van der Waals surface area contributed by atoms with E-state index in [-0.39, 0.29) is 31.0 Å². The molecule has 1 amide bonds. The molecule has 1 aromatic carbocycles. The standard InChI is InChI=1S/C14H18ClNO4/c1-11(17)19-10-13(7-15)8-16-14(18)20-9-12-5-3-2-4-6-12/h2-6,13H,7-10H2,1H3,(H,16,18). The first-order valence-electron chi connectivity index (χ1n) is 6.25. The van der Waals surface area contributed by atoms with Gasteiger partial charge < -0.3 is 14.8 Å². The van der Waals surface area contributed by atoms with Crippen molar-refractivity contribution in [3.63, 3.8) is 0 Å². The molecular weight excluding hydrogens is 282 g/mol. The molecule has 1 N–H and O–H groups in total. The number of benzene rings is 1. The van der Waals surface area contributed by atoms with Crippen LogP contribution in [0.25, 0.3) is 0 Å². The number of ether oxygens (including phenoxy) is 2. The fourth-order valence-corrected chi connectivity index (χ4v) is 1.59. The molecule has 20 heavy (non-hydrogen) atoms. The lowest BCUT2D eigenvalue weighted by Crippen LogP contribution is -2.32. The van der Waals surface area contributed by atoms with E-state index in [0.717, 1.165) is 5.56 Å². The third-order valence-corrected chi connectivity index (χ3v) is 2.92. The number of esters is 1. The van der Waals surface area contributed by atoms with E-state index in [4.69, 9.17) is 21.1 Å². The van der Waals surface area contributed by atoms with Crippen LogP contribution in [-0.4, -0.2) is 31.1 Å². The number of rotatable bonds is 7. The lowest BCUT2D eigenvalue weighted by molar-refractivity contribution is -0.142. The van der Waals surface area contributed by atoms with E-state index in [2.05, 4.69) is 5.32 Å². The third kappa shape index (κ3) is 6.99. The van der Waals surface area contributed by atoms with Crippen LogP contribution >= 0.6 is 11.6 Å². The second-order valence-electron chi connectivity index (χ2n) is 4.27. The fourth-order valence-electron chi connectivity index (χ4n) is 1.40. The molecule has 1 atom stereocenters. The summed E-state index contributed by atoms with van der Waals surface area (Å²) in [5, 5.41) is 2.59. The first-order valence-corrected chi connectivity index (χ1v) is 6.79. The molecule has 0 aromatic heterocycles. The van der Waals surface area contributed by atoms with E-state index >= 15 is 0 Å². The van der Waals surface area contributed by atoms with Gasteiger partial charge in [-0.15, -0.1) is 11.6 Å². The first kappa shape index (κ1) is 16.3. The normalized spacial score (nSPS) is 11.5. The molecule has 0 heterocycles. The van der Waals surface area contributed by atoms with Crippen molar-refractivity contribution >= 4 is 23.7 Å². The van der Waals surface area contributed by atoms with E-state index in [1.165, 1.54) is 6.92 Å². The minimum atomic E-state index is -0.521. The van der Waals surface area contributed by atoms with Gasteiger partial charge in [0.1, 0.15) is 6.61 Å². The predicted molar refractivity (Wildman–Crippen MR) is 75.5 cm³/mol. The van der Waals surface area contributed by atoms with E-state index < -0.39 is 6.09 Å². The van der Waals surface area contributed by atoms with Gasteiger partial charge in [0, 0.05) is 25.3 Å². The zero-order valence-electron chi connectivity index (χ0n) is 11.3. The number of hydrogen-bond acceptors (Lipinski definition) is 4. The Kier molecular flexibility index (Phi) is 7.50. The summed E-state index contributed by atoms with van der Waals surface area (Å²) in [5.74, 6) is -0.219. The van der Waals surface area contributed by atoms with Crippen molar-refractivity contribution in [2.24, 2.45) is 5.92 Å². The maximum atomic E-state index is 11.5. The molecule has 1 aromatic rings. The molecule has 5 nitrogen and oxygen atoms in total. The van der Waals surface area contributed by atoms with Crippen LogP contribution in [0.2, 0.25) is 0 Å². The zero-order chi connectivity index (χ0) is 14.8. The van der Waals surface area contributed by atoms with E-state index in [1.807, 2.05) is 30.3 Å². The molecule has 0 aliphatic heterocycles. The SMILES string of the molecule is CC(=O)OCC(CCl)CNC(=O)OCc1ccccc1.